The summed E-state index contributed by atoms with van der Waals surface area (Å²) in [4.78, 5) is 27.5. The number of hydrogen-bond donors (Lipinski definition) is 1. The molecule has 0 spiro atoms. The smallest absolute Gasteiger partial charge is 0.328 e. The molecule has 21 heavy (non-hydrogen) atoms. The summed E-state index contributed by atoms with van der Waals surface area (Å²) in [5.41, 5.74) is 2.39. The third-order valence-corrected chi connectivity index (χ3v) is 3.17. The van der Waals surface area contributed by atoms with Crippen molar-refractivity contribution in [2.45, 2.75) is 13.0 Å². The van der Waals surface area contributed by atoms with Crippen LogP contribution in [0.25, 0.3) is 22.6 Å². The van der Waals surface area contributed by atoms with E-state index in [1.807, 2.05) is 12.1 Å². The number of methoxy groups -OCH3 is 1. The van der Waals surface area contributed by atoms with Crippen molar-refractivity contribution < 1.29 is 4.74 Å². The minimum atomic E-state index is -0.204. The molecule has 108 valence electrons. The van der Waals surface area contributed by atoms with E-state index in [1.54, 1.807) is 30.3 Å². The standard InChI is InChI=1S/C14H15N5O2/c1-21-7-3-6-19-13-12(18-14(19)20)16-9-11(17-13)10-4-2-5-15-8-10/h2,4-5,8-9H,3,6-7H2,1H3,(H,16,18,20). The van der Waals surface area contributed by atoms with E-state index in [1.165, 1.54) is 0 Å². The first kappa shape index (κ1) is 13.4. The molecule has 0 aliphatic carbocycles. The minimum absolute atomic E-state index is 0.204. The van der Waals surface area contributed by atoms with Crippen LogP contribution in [0.2, 0.25) is 0 Å². The molecule has 0 aliphatic heterocycles. The molecule has 0 bridgehead atoms. The lowest BCUT2D eigenvalue weighted by atomic mass is 10.2. The zero-order chi connectivity index (χ0) is 14.7. The van der Waals surface area contributed by atoms with Crippen molar-refractivity contribution in [2.24, 2.45) is 0 Å². The van der Waals surface area contributed by atoms with E-state index in [2.05, 4.69) is 19.9 Å². The van der Waals surface area contributed by atoms with E-state index < -0.39 is 0 Å². The Hall–Kier alpha value is -2.54. The van der Waals surface area contributed by atoms with Crippen molar-refractivity contribution in [2.75, 3.05) is 13.7 Å². The predicted octanol–water partition coefficient (Wildman–Crippen LogP) is 1.22. The van der Waals surface area contributed by atoms with Gasteiger partial charge in [-0.25, -0.2) is 14.8 Å². The number of nitrogens with one attached hydrogen (secondary N) is 1. The van der Waals surface area contributed by atoms with Gasteiger partial charge in [0, 0.05) is 38.2 Å². The number of fused-ring (bicyclic) bond motifs is 1. The SMILES string of the molecule is COCCCn1c(=O)[nH]c2ncc(-c3cccnc3)nc21. The third-order valence-electron chi connectivity index (χ3n) is 3.17. The molecule has 7 nitrogen and oxygen atoms in total. The van der Waals surface area contributed by atoms with Crippen LogP contribution in [0, 0.1) is 0 Å². The van der Waals surface area contributed by atoms with Crippen molar-refractivity contribution in [3.8, 4) is 11.3 Å². The maximum Gasteiger partial charge on any atom is 0.328 e. The highest BCUT2D eigenvalue weighted by molar-refractivity contribution is 5.70. The largest absolute Gasteiger partial charge is 0.385 e. The quantitative estimate of drug-likeness (QED) is 0.712. The molecule has 0 aliphatic rings. The van der Waals surface area contributed by atoms with Gasteiger partial charge >= 0.3 is 5.69 Å². The van der Waals surface area contributed by atoms with Crippen LogP contribution in [0.4, 0.5) is 0 Å². The van der Waals surface area contributed by atoms with Gasteiger partial charge in [0.1, 0.15) is 0 Å². The Morgan fingerprint density at radius 1 is 1.38 bits per heavy atom. The predicted molar refractivity (Wildman–Crippen MR) is 77.9 cm³/mol. The maximum absolute atomic E-state index is 12.0. The Morgan fingerprint density at radius 2 is 2.29 bits per heavy atom. The first-order valence-electron chi connectivity index (χ1n) is 6.64. The van der Waals surface area contributed by atoms with Gasteiger partial charge in [-0.3, -0.25) is 14.5 Å². The van der Waals surface area contributed by atoms with E-state index in [4.69, 9.17) is 4.74 Å². The monoisotopic (exact) mass is 285 g/mol. The second-order valence-corrected chi connectivity index (χ2v) is 4.60. The summed E-state index contributed by atoms with van der Waals surface area (Å²) < 4.78 is 6.60. The fourth-order valence-corrected chi connectivity index (χ4v) is 2.15. The lowest BCUT2D eigenvalue weighted by Gasteiger charge is -2.03. The topological polar surface area (TPSA) is 85.7 Å². The number of hydrogen-bond acceptors (Lipinski definition) is 5. The van der Waals surface area contributed by atoms with Crippen LogP contribution in [0.15, 0.2) is 35.5 Å². The van der Waals surface area contributed by atoms with Crippen LogP contribution in [-0.2, 0) is 11.3 Å². The van der Waals surface area contributed by atoms with Crippen molar-refractivity contribution in [3.05, 3.63) is 41.2 Å². The number of ether oxygens (including phenoxy) is 1. The number of H-pyrrole nitrogens is 1. The van der Waals surface area contributed by atoms with Gasteiger partial charge in [-0.2, -0.15) is 0 Å². The van der Waals surface area contributed by atoms with Crippen LogP contribution in [0.3, 0.4) is 0 Å². The Labute approximate surface area is 120 Å². The summed E-state index contributed by atoms with van der Waals surface area (Å²) in [6.45, 7) is 1.13. The second-order valence-electron chi connectivity index (χ2n) is 4.60. The molecular formula is C14H15N5O2. The highest BCUT2D eigenvalue weighted by Crippen LogP contribution is 2.16. The van der Waals surface area contributed by atoms with Gasteiger partial charge in [0.15, 0.2) is 11.3 Å². The van der Waals surface area contributed by atoms with Crippen LogP contribution in [-0.4, -0.2) is 38.2 Å². The molecule has 0 amide bonds. The number of nitrogens with zero attached hydrogens (tertiary/aromatic N) is 4. The highest BCUT2D eigenvalue weighted by atomic mass is 16.5. The Kier molecular flexibility index (Phi) is 3.74. The molecule has 0 fully saturated rings. The zero-order valence-electron chi connectivity index (χ0n) is 11.6. The summed E-state index contributed by atoms with van der Waals surface area (Å²) in [6, 6.07) is 3.74. The molecule has 0 atom stereocenters. The van der Waals surface area contributed by atoms with Crippen LogP contribution >= 0.6 is 0 Å². The van der Waals surface area contributed by atoms with Crippen molar-refractivity contribution in [1.29, 1.82) is 0 Å². The van der Waals surface area contributed by atoms with Crippen LogP contribution in [0.5, 0.6) is 0 Å². The van der Waals surface area contributed by atoms with Gasteiger partial charge in [0.05, 0.1) is 11.9 Å². The summed E-state index contributed by atoms with van der Waals surface area (Å²) in [7, 11) is 1.64. The van der Waals surface area contributed by atoms with Gasteiger partial charge in [-0.1, -0.05) is 0 Å². The van der Waals surface area contributed by atoms with Crippen molar-refractivity contribution in [1.82, 2.24) is 24.5 Å². The molecular weight excluding hydrogens is 270 g/mol. The van der Waals surface area contributed by atoms with Gasteiger partial charge in [0.2, 0.25) is 0 Å². The lowest BCUT2D eigenvalue weighted by Crippen LogP contribution is -2.18. The molecule has 7 heteroatoms. The fourth-order valence-electron chi connectivity index (χ4n) is 2.15. The van der Waals surface area contributed by atoms with Gasteiger partial charge in [-0.15, -0.1) is 0 Å². The maximum atomic E-state index is 12.0. The normalized spacial score (nSPS) is 11.1. The number of aromatic amines is 1. The Bertz CT molecular complexity index is 794. The summed E-state index contributed by atoms with van der Waals surface area (Å²) in [6.07, 6.45) is 5.79. The summed E-state index contributed by atoms with van der Waals surface area (Å²) >= 11 is 0. The minimum Gasteiger partial charge on any atom is -0.385 e. The molecule has 0 aromatic carbocycles. The van der Waals surface area contributed by atoms with E-state index in [0.29, 0.717) is 30.1 Å². The molecule has 3 heterocycles. The third kappa shape index (κ3) is 2.68. The van der Waals surface area contributed by atoms with E-state index in [9.17, 15) is 4.79 Å². The summed E-state index contributed by atoms with van der Waals surface area (Å²) in [5, 5.41) is 0. The number of rotatable bonds is 5. The zero-order valence-corrected chi connectivity index (χ0v) is 11.6. The Balaban J connectivity index is 2.03. The van der Waals surface area contributed by atoms with Gasteiger partial charge in [-0.05, 0) is 18.6 Å². The van der Waals surface area contributed by atoms with Crippen molar-refractivity contribution in [3.63, 3.8) is 0 Å². The van der Waals surface area contributed by atoms with Crippen LogP contribution in [0.1, 0.15) is 6.42 Å². The molecule has 3 aromatic rings. The molecule has 1 N–H and O–H groups in total. The van der Waals surface area contributed by atoms with E-state index in [-0.39, 0.29) is 5.69 Å². The molecule has 3 aromatic heterocycles. The van der Waals surface area contributed by atoms with Crippen LogP contribution < -0.4 is 5.69 Å². The average Bonchev–Trinajstić information content (AvgIpc) is 2.84. The Morgan fingerprint density at radius 3 is 3.05 bits per heavy atom. The van der Waals surface area contributed by atoms with Crippen molar-refractivity contribution >= 4 is 11.3 Å². The van der Waals surface area contributed by atoms with Gasteiger partial charge in [0.25, 0.3) is 0 Å². The van der Waals surface area contributed by atoms with E-state index >= 15 is 0 Å². The van der Waals surface area contributed by atoms with Gasteiger partial charge < -0.3 is 4.74 Å². The number of aromatic nitrogens is 5. The molecule has 0 saturated heterocycles. The summed E-state index contributed by atoms with van der Waals surface area (Å²) in [5.74, 6) is 0. The molecule has 3 rings (SSSR count). The molecule has 0 saturated carbocycles. The lowest BCUT2D eigenvalue weighted by molar-refractivity contribution is 0.190. The number of aryl methyl sites for hydroxylation is 1. The average molecular weight is 285 g/mol. The van der Waals surface area contributed by atoms with E-state index in [0.717, 1.165) is 12.0 Å². The number of imidazole rings is 1. The second kappa shape index (κ2) is 5.84. The fraction of sp³-hybridized carbons (Fsp3) is 0.286. The molecule has 0 radical (unpaired) electrons. The first-order chi connectivity index (χ1) is 10.3. The first-order valence-corrected chi connectivity index (χ1v) is 6.64. The highest BCUT2D eigenvalue weighted by Gasteiger charge is 2.11. The molecule has 0 unspecified atom stereocenters. The number of pyridine rings is 1.